The minimum absolute atomic E-state index is 0.153. The Morgan fingerprint density at radius 1 is 1.11 bits per heavy atom. The number of aromatic nitrogens is 1. The third-order valence-electron chi connectivity index (χ3n) is 5.18. The van der Waals surface area contributed by atoms with E-state index < -0.39 is 0 Å². The van der Waals surface area contributed by atoms with Gasteiger partial charge in [-0.05, 0) is 36.4 Å². The standard InChI is InChI=1S/C21H31FN6/c1-3-26-12-14-28(15-13-26)20-7-6-18(16-19(20)22)17-25-21(23-2)24-8-11-27-9-4-5-10-27/h4-7,9-10,16H,3,8,11-15,17H2,1-2H3,(H2,23,24,25). The van der Waals surface area contributed by atoms with Crippen molar-refractivity contribution >= 4 is 11.6 Å². The molecule has 0 aliphatic carbocycles. The van der Waals surface area contributed by atoms with Gasteiger partial charge in [-0.15, -0.1) is 0 Å². The van der Waals surface area contributed by atoms with Crippen LogP contribution in [-0.4, -0.2) is 61.7 Å². The van der Waals surface area contributed by atoms with E-state index in [4.69, 9.17) is 0 Å². The lowest BCUT2D eigenvalue weighted by atomic mass is 10.1. The van der Waals surface area contributed by atoms with Crippen molar-refractivity contribution in [3.63, 3.8) is 0 Å². The summed E-state index contributed by atoms with van der Waals surface area (Å²) >= 11 is 0. The number of hydrogen-bond donors (Lipinski definition) is 2. The van der Waals surface area contributed by atoms with Crippen molar-refractivity contribution in [2.24, 2.45) is 4.99 Å². The van der Waals surface area contributed by atoms with E-state index in [1.165, 1.54) is 0 Å². The fourth-order valence-electron chi connectivity index (χ4n) is 3.45. The van der Waals surface area contributed by atoms with Crippen LogP contribution >= 0.6 is 0 Å². The van der Waals surface area contributed by atoms with Gasteiger partial charge in [0.15, 0.2) is 5.96 Å². The van der Waals surface area contributed by atoms with Crippen LogP contribution < -0.4 is 15.5 Å². The first-order valence-electron chi connectivity index (χ1n) is 10.0. The number of aliphatic imine (C=N–C) groups is 1. The van der Waals surface area contributed by atoms with E-state index in [1.807, 2.05) is 36.7 Å². The molecule has 0 atom stereocenters. The molecule has 0 radical (unpaired) electrons. The number of guanidine groups is 1. The highest BCUT2D eigenvalue weighted by Crippen LogP contribution is 2.22. The monoisotopic (exact) mass is 386 g/mol. The van der Waals surface area contributed by atoms with Gasteiger partial charge in [0.2, 0.25) is 0 Å². The van der Waals surface area contributed by atoms with Crippen molar-refractivity contribution in [2.75, 3.05) is 51.2 Å². The first-order valence-corrected chi connectivity index (χ1v) is 10.0. The summed E-state index contributed by atoms with van der Waals surface area (Å²) in [4.78, 5) is 8.76. The largest absolute Gasteiger partial charge is 0.367 e. The molecule has 28 heavy (non-hydrogen) atoms. The average Bonchev–Trinajstić information content (AvgIpc) is 3.24. The van der Waals surface area contributed by atoms with Crippen molar-refractivity contribution in [1.82, 2.24) is 20.1 Å². The van der Waals surface area contributed by atoms with Gasteiger partial charge in [0.05, 0.1) is 5.69 Å². The van der Waals surface area contributed by atoms with E-state index in [2.05, 4.69) is 36.9 Å². The molecule has 1 saturated heterocycles. The molecule has 152 valence electrons. The Bertz CT molecular complexity index is 750. The van der Waals surface area contributed by atoms with E-state index in [0.717, 1.165) is 51.4 Å². The Labute approximate surface area is 167 Å². The molecule has 6 nitrogen and oxygen atoms in total. The molecule has 2 aromatic rings. The molecule has 0 bridgehead atoms. The lowest BCUT2D eigenvalue weighted by molar-refractivity contribution is 0.270. The smallest absolute Gasteiger partial charge is 0.191 e. The van der Waals surface area contributed by atoms with Crippen LogP contribution in [0, 0.1) is 5.82 Å². The number of nitrogens with one attached hydrogen (secondary N) is 2. The first kappa shape index (κ1) is 20.2. The van der Waals surface area contributed by atoms with Crippen LogP contribution in [-0.2, 0) is 13.1 Å². The number of hydrogen-bond acceptors (Lipinski definition) is 3. The van der Waals surface area contributed by atoms with Crippen molar-refractivity contribution in [1.29, 1.82) is 0 Å². The van der Waals surface area contributed by atoms with Crippen LogP contribution in [0.15, 0.2) is 47.7 Å². The highest BCUT2D eigenvalue weighted by atomic mass is 19.1. The molecule has 1 fully saturated rings. The summed E-state index contributed by atoms with van der Waals surface area (Å²) in [7, 11) is 1.74. The summed E-state index contributed by atoms with van der Waals surface area (Å²) in [6, 6.07) is 9.53. The minimum Gasteiger partial charge on any atom is -0.367 e. The highest BCUT2D eigenvalue weighted by Gasteiger charge is 2.18. The van der Waals surface area contributed by atoms with Gasteiger partial charge in [-0.25, -0.2) is 4.39 Å². The van der Waals surface area contributed by atoms with Crippen LogP contribution in [0.2, 0.25) is 0 Å². The zero-order valence-electron chi connectivity index (χ0n) is 16.9. The fraction of sp³-hybridized carbons (Fsp3) is 0.476. The number of anilines is 1. The second-order valence-corrected chi connectivity index (χ2v) is 6.98. The van der Waals surface area contributed by atoms with Crippen molar-refractivity contribution in [3.05, 3.63) is 54.1 Å². The summed E-state index contributed by atoms with van der Waals surface area (Å²) in [5, 5.41) is 6.52. The predicted molar refractivity (Wildman–Crippen MR) is 113 cm³/mol. The van der Waals surface area contributed by atoms with Gasteiger partial charge in [-0.3, -0.25) is 4.99 Å². The quantitative estimate of drug-likeness (QED) is 0.565. The second-order valence-electron chi connectivity index (χ2n) is 6.98. The summed E-state index contributed by atoms with van der Waals surface area (Å²) < 4.78 is 16.8. The first-order chi connectivity index (χ1) is 13.7. The molecule has 0 unspecified atom stereocenters. The third kappa shape index (κ3) is 5.48. The Kier molecular flexibility index (Phi) is 7.31. The Morgan fingerprint density at radius 3 is 2.50 bits per heavy atom. The van der Waals surface area contributed by atoms with E-state index in [1.54, 1.807) is 13.1 Å². The Balaban J connectivity index is 1.48. The second kappa shape index (κ2) is 10.1. The number of likely N-dealkylation sites (N-methyl/N-ethyl adjacent to an activating group) is 1. The Morgan fingerprint density at radius 2 is 1.86 bits per heavy atom. The average molecular weight is 387 g/mol. The van der Waals surface area contributed by atoms with Gasteiger partial charge in [0.1, 0.15) is 5.82 Å². The number of rotatable bonds is 7. The minimum atomic E-state index is -0.153. The summed E-state index contributed by atoms with van der Waals surface area (Å²) in [6.07, 6.45) is 4.06. The van der Waals surface area contributed by atoms with E-state index in [9.17, 15) is 4.39 Å². The molecule has 0 saturated carbocycles. The predicted octanol–water partition coefficient (Wildman–Crippen LogP) is 2.13. The summed E-state index contributed by atoms with van der Waals surface area (Å²) in [5.41, 5.74) is 1.61. The summed E-state index contributed by atoms with van der Waals surface area (Å²) in [6.45, 7) is 9.12. The molecule has 0 amide bonds. The van der Waals surface area contributed by atoms with Crippen LogP contribution in [0.5, 0.6) is 0 Å². The fourth-order valence-corrected chi connectivity index (χ4v) is 3.45. The third-order valence-corrected chi connectivity index (χ3v) is 5.18. The molecule has 1 aliphatic rings. The molecule has 1 aliphatic heterocycles. The normalized spacial score (nSPS) is 15.7. The number of nitrogens with zero attached hydrogens (tertiary/aromatic N) is 4. The maximum atomic E-state index is 14.6. The van der Waals surface area contributed by atoms with Crippen LogP contribution in [0.1, 0.15) is 12.5 Å². The van der Waals surface area contributed by atoms with Crippen LogP contribution in [0.25, 0.3) is 0 Å². The zero-order chi connectivity index (χ0) is 19.8. The van der Waals surface area contributed by atoms with Crippen molar-refractivity contribution in [3.8, 4) is 0 Å². The molecule has 7 heteroatoms. The van der Waals surface area contributed by atoms with Gasteiger partial charge in [-0.2, -0.15) is 0 Å². The number of benzene rings is 1. The van der Waals surface area contributed by atoms with Gasteiger partial charge >= 0.3 is 0 Å². The maximum Gasteiger partial charge on any atom is 0.191 e. The number of halogens is 1. The SMILES string of the molecule is CCN1CCN(c2ccc(CNC(=NC)NCCn3cccc3)cc2F)CC1. The van der Waals surface area contributed by atoms with Gasteiger partial charge < -0.3 is 25.0 Å². The number of piperazine rings is 1. The molecular weight excluding hydrogens is 355 g/mol. The van der Waals surface area contributed by atoms with Crippen LogP contribution in [0.3, 0.4) is 0 Å². The maximum absolute atomic E-state index is 14.6. The van der Waals surface area contributed by atoms with Crippen molar-refractivity contribution in [2.45, 2.75) is 20.0 Å². The van der Waals surface area contributed by atoms with Crippen LogP contribution in [0.4, 0.5) is 10.1 Å². The molecule has 1 aromatic carbocycles. The summed E-state index contributed by atoms with van der Waals surface area (Å²) in [5.74, 6) is 0.562. The molecule has 2 N–H and O–H groups in total. The van der Waals surface area contributed by atoms with Gasteiger partial charge in [0, 0.05) is 65.3 Å². The van der Waals surface area contributed by atoms with Gasteiger partial charge in [0.25, 0.3) is 0 Å². The van der Waals surface area contributed by atoms with E-state index >= 15 is 0 Å². The molecule has 1 aromatic heterocycles. The molecular formula is C21H31FN6. The van der Waals surface area contributed by atoms with Gasteiger partial charge in [-0.1, -0.05) is 13.0 Å². The van der Waals surface area contributed by atoms with E-state index in [-0.39, 0.29) is 5.82 Å². The van der Waals surface area contributed by atoms with Crippen molar-refractivity contribution < 1.29 is 4.39 Å². The molecule has 2 heterocycles. The lowest BCUT2D eigenvalue weighted by Gasteiger charge is -2.35. The topological polar surface area (TPSA) is 47.8 Å². The van der Waals surface area contributed by atoms with E-state index in [0.29, 0.717) is 18.2 Å². The highest BCUT2D eigenvalue weighted by molar-refractivity contribution is 5.79. The zero-order valence-corrected chi connectivity index (χ0v) is 16.9. The Hall–Kier alpha value is -2.54. The molecule has 3 rings (SSSR count). The molecule has 0 spiro atoms. The lowest BCUT2D eigenvalue weighted by Crippen LogP contribution is -2.46.